The smallest absolute Gasteiger partial charge is 0.129 e. The number of aromatic nitrogens is 2. The van der Waals surface area contributed by atoms with E-state index in [0.29, 0.717) is 5.41 Å². The number of hydrogen-bond donors (Lipinski definition) is 2. The van der Waals surface area contributed by atoms with E-state index < -0.39 is 0 Å². The lowest BCUT2D eigenvalue weighted by molar-refractivity contribution is 0.500. The van der Waals surface area contributed by atoms with Gasteiger partial charge in [0.15, 0.2) is 0 Å². The third-order valence-electron chi connectivity index (χ3n) is 3.51. The van der Waals surface area contributed by atoms with E-state index in [1.54, 1.807) is 6.33 Å². The Morgan fingerprint density at radius 3 is 2.88 bits per heavy atom. The predicted octanol–water partition coefficient (Wildman–Crippen LogP) is 1.97. The zero-order valence-corrected chi connectivity index (χ0v) is 10.6. The van der Waals surface area contributed by atoms with Gasteiger partial charge < -0.3 is 11.1 Å². The molecule has 2 rings (SSSR count). The van der Waals surface area contributed by atoms with E-state index in [4.69, 9.17) is 5.73 Å². The van der Waals surface area contributed by atoms with Gasteiger partial charge in [0.25, 0.3) is 0 Å². The lowest BCUT2D eigenvalue weighted by Gasteiger charge is -2.15. The Morgan fingerprint density at radius 1 is 1.41 bits per heavy atom. The summed E-state index contributed by atoms with van der Waals surface area (Å²) in [6, 6.07) is 2.06. The minimum absolute atomic E-state index is 0.449. The minimum Gasteiger partial charge on any atom is -0.369 e. The first kappa shape index (κ1) is 12.3. The van der Waals surface area contributed by atoms with E-state index >= 15 is 0 Å². The molecule has 0 radical (unpaired) electrons. The molecule has 1 aliphatic rings. The second kappa shape index (κ2) is 5.45. The number of nitrogens with one attached hydrogen (secondary N) is 1. The first-order chi connectivity index (χ1) is 8.28. The summed E-state index contributed by atoms with van der Waals surface area (Å²) < 4.78 is 0. The van der Waals surface area contributed by atoms with Gasteiger partial charge in [0.1, 0.15) is 12.1 Å². The van der Waals surface area contributed by atoms with E-state index in [-0.39, 0.29) is 0 Å². The first-order valence-corrected chi connectivity index (χ1v) is 6.53. The Bertz CT molecular complexity index is 360. The van der Waals surface area contributed by atoms with Gasteiger partial charge in [0, 0.05) is 18.3 Å². The van der Waals surface area contributed by atoms with Gasteiger partial charge in [0.05, 0.1) is 0 Å². The van der Waals surface area contributed by atoms with Gasteiger partial charge in [-0.05, 0) is 37.6 Å². The van der Waals surface area contributed by atoms with Gasteiger partial charge in [-0.1, -0.05) is 13.3 Å². The second-order valence-corrected chi connectivity index (χ2v) is 5.04. The topological polar surface area (TPSA) is 63.8 Å². The summed E-state index contributed by atoms with van der Waals surface area (Å²) in [5.74, 6) is 0.951. The van der Waals surface area contributed by atoms with Crippen molar-refractivity contribution in [1.29, 1.82) is 0 Å². The average molecular weight is 234 g/mol. The average Bonchev–Trinajstić information content (AvgIpc) is 3.09. The molecule has 3 N–H and O–H groups in total. The Morgan fingerprint density at radius 2 is 2.24 bits per heavy atom. The zero-order chi connectivity index (χ0) is 12.1. The summed E-state index contributed by atoms with van der Waals surface area (Å²) in [5, 5.41) is 3.42. The molecule has 0 spiro atoms. The minimum atomic E-state index is 0.449. The number of nitrogens with zero attached hydrogens (tertiary/aromatic N) is 2. The van der Waals surface area contributed by atoms with Crippen molar-refractivity contribution in [3.8, 4) is 0 Å². The highest BCUT2D eigenvalue weighted by Gasteiger charge is 2.41. The van der Waals surface area contributed by atoms with Crippen LogP contribution in [0.4, 0.5) is 5.82 Å². The van der Waals surface area contributed by atoms with Crippen LogP contribution in [0.15, 0.2) is 12.4 Å². The van der Waals surface area contributed by atoms with Crippen molar-refractivity contribution >= 4 is 5.82 Å². The molecule has 0 bridgehead atoms. The summed E-state index contributed by atoms with van der Waals surface area (Å²) in [4.78, 5) is 8.51. The highest BCUT2D eigenvalue weighted by atomic mass is 15.0. The number of aryl methyl sites for hydroxylation is 1. The first-order valence-electron chi connectivity index (χ1n) is 6.53. The normalized spacial score (nSPS) is 16.8. The molecular formula is C13H22N4. The molecule has 17 heavy (non-hydrogen) atoms. The fraction of sp³-hybridized carbons (Fsp3) is 0.692. The van der Waals surface area contributed by atoms with Crippen molar-refractivity contribution < 1.29 is 0 Å². The van der Waals surface area contributed by atoms with Gasteiger partial charge in [0.2, 0.25) is 0 Å². The van der Waals surface area contributed by atoms with Crippen molar-refractivity contribution in [3.63, 3.8) is 0 Å². The van der Waals surface area contributed by atoms with Gasteiger partial charge in [-0.25, -0.2) is 9.97 Å². The summed E-state index contributed by atoms with van der Waals surface area (Å²) in [5.41, 5.74) is 7.20. The summed E-state index contributed by atoms with van der Waals surface area (Å²) in [6.07, 6.45) is 7.50. The van der Waals surface area contributed by atoms with Crippen LogP contribution in [0.2, 0.25) is 0 Å². The van der Waals surface area contributed by atoms with Gasteiger partial charge >= 0.3 is 0 Å². The standard InChI is InChI=1S/C13H22N4/c1-2-3-11-8-12(17-10-16-11)15-9-13(4-5-13)6-7-14/h8,10H,2-7,9,14H2,1H3,(H,15,16,17). The molecule has 4 heteroatoms. The monoisotopic (exact) mass is 234 g/mol. The van der Waals surface area contributed by atoms with Crippen LogP contribution in [0.5, 0.6) is 0 Å². The molecule has 0 saturated heterocycles. The van der Waals surface area contributed by atoms with Crippen molar-refractivity contribution in [3.05, 3.63) is 18.1 Å². The molecule has 1 aromatic rings. The highest BCUT2D eigenvalue weighted by Crippen LogP contribution is 2.48. The molecule has 0 atom stereocenters. The van der Waals surface area contributed by atoms with Gasteiger partial charge in [-0.15, -0.1) is 0 Å². The fourth-order valence-corrected chi connectivity index (χ4v) is 2.16. The Labute approximate surface area is 103 Å². The van der Waals surface area contributed by atoms with E-state index in [0.717, 1.165) is 43.9 Å². The third-order valence-corrected chi connectivity index (χ3v) is 3.51. The highest BCUT2D eigenvalue weighted by molar-refractivity contribution is 5.35. The Balaban J connectivity index is 1.88. The van der Waals surface area contributed by atoms with Crippen LogP contribution in [0.25, 0.3) is 0 Å². The van der Waals surface area contributed by atoms with Gasteiger partial charge in [-0.2, -0.15) is 0 Å². The molecular weight excluding hydrogens is 212 g/mol. The second-order valence-electron chi connectivity index (χ2n) is 5.04. The van der Waals surface area contributed by atoms with Crippen LogP contribution in [-0.2, 0) is 6.42 Å². The maximum atomic E-state index is 5.63. The van der Waals surface area contributed by atoms with Crippen LogP contribution in [-0.4, -0.2) is 23.1 Å². The van der Waals surface area contributed by atoms with Crippen LogP contribution in [0.1, 0.15) is 38.3 Å². The molecule has 0 aliphatic heterocycles. The largest absolute Gasteiger partial charge is 0.369 e. The van der Waals surface area contributed by atoms with Crippen LogP contribution < -0.4 is 11.1 Å². The number of hydrogen-bond acceptors (Lipinski definition) is 4. The third kappa shape index (κ3) is 3.40. The maximum absolute atomic E-state index is 5.63. The lowest BCUT2D eigenvalue weighted by Crippen LogP contribution is -2.19. The van der Waals surface area contributed by atoms with E-state index in [1.165, 1.54) is 12.8 Å². The zero-order valence-electron chi connectivity index (χ0n) is 10.6. The number of rotatable bonds is 7. The van der Waals surface area contributed by atoms with Crippen LogP contribution >= 0.6 is 0 Å². The molecule has 94 valence electrons. The molecule has 0 aromatic carbocycles. The maximum Gasteiger partial charge on any atom is 0.129 e. The van der Waals surface area contributed by atoms with Crippen LogP contribution in [0, 0.1) is 5.41 Å². The summed E-state index contributed by atoms with van der Waals surface area (Å²) in [6.45, 7) is 3.94. The molecule has 1 fully saturated rings. The fourth-order valence-electron chi connectivity index (χ4n) is 2.16. The Hall–Kier alpha value is -1.16. The molecule has 1 heterocycles. The lowest BCUT2D eigenvalue weighted by atomic mass is 10.0. The SMILES string of the molecule is CCCc1cc(NCC2(CCN)CC2)ncn1. The molecule has 0 amide bonds. The summed E-state index contributed by atoms with van der Waals surface area (Å²) >= 11 is 0. The van der Waals surface area contributed by atoms with Crippen molar-refractivity contribution in [2.75, 3.05) is 18.4 Å². The molecule has 1 aliphatic carbocycles. The molecule has 0 unspecified atom stereocenters. The van der Waals surface area contributed by atoms with Gasteiger partial charge in [-0.3, -0.25) is 0 Å². The van der Waals surface area contributed by atoms with E-state index in [1.807, 2.05) is 0 Å². The van der Waals surface area contributed by atoms with Crippen molar-refractivity contribution in [1.82, 2.24) is 9.97 Å². The van der Waals surface area contributed by atoms with Crippen LogP contribution in [0.3, 0.4) is 0 Å². The molecule has 4 nitrogen and oxygen atoms in total. The predicted molar refractivity (Wildman–Crippen MR) is 69.9 cm³/mol. The number of nitrogens with two attached hydrogens (primary N) is 1. The quantitative estimate of drug-likeness (QED) is 0.757. The van der Waals surface area contributed by atoms with Crippen molar-refractivity contribution in [2.24, 2.45) is 11.1 Å². The van der Waals surface area contributed by atoms with E-state index in [9.17, 15) is 0 Å². The Kier molecular flexibility index (Phi) is 3.94. The van der Waals surface area contributed by atoms with E-state index in [2.05, 4.69) is 28.3 Å². The van der Waals surface area contributed by atoms with Crippen molar-refractivity contribution in [2.45, 2.75) is 39.0 Å². The molecule has 1 aromatic heterocycles. The summed E-state index contributed by atoms with van der Waals surface area (Å²) in [7, 11) is 0. The molecule has 1 saturated carbocycles. The number of anilines is 1.